The van der Waals surface area contributed by atoms with Crippen molar-refractivity contribution in [1.82, 2.24) is 24.6 Å². The molecule has 2 aromatic rings. The number of halogens is 4. The summed E-state index contributed by atoms with van der Waals surface area (Å²) in [5, 5.41) is 4.51. The molecule has 2 saturated carbocycles. The molecule has 174 valence electrons. The number of likely N-dealkylation sites (tertiary alicyclic amines) is 1. The molecule has 32 heavy (non-hydrogen) atoms. The topological polar surface area (TPSA) is 83.9 Å². The maximum atomic E-state index is 13.8. The smallest absolute Gasteiger partial charge is 0.265 e. The van der Waals surface area contributed by atoms with E-state index >= 15 is 0 Å². The van der Waals surface area contributed by atoms with E-state index in [4.69, 9.17) is 0 Å². The molecule has 0 radical (unpaired) electrons. The number of fused-ring (bicyclic) bond motifs is 1. The van der Waals surface area contributed by atoms with Crippen molar-refractivity contribution in [3.05, 3.63) is 22.4 Å². The van der Waals surface area contributed by atoms with Crippen LogP contribution in [-0.2, 0) is 4.79 Å². The first-order valence-corrected chi connectivity index (χ1v) is 11.2. The molecule has 2 aromatic heterocycles. The van der Waals surface area contributed by atoms with E-state index in [0.717, 1.165) is 0 Å². The second kappa shape index (κ2) is 7.55. The Balaban J connectivity index is 1.40. The summed E-state index contributed by atoms with van der Waals surface area (Å²) >= 11 is 0. The number of nitrogens with one attached hydrogen (secondary N) is 1. The highest BCUT2D eigenvalue weighted by Gasteiger charge is 2.45. The van der Waals surface area contributed by atoms with Crippen molar-refractivity contribution in [2.75, 3.05) is 13.1 Å². The standard InChI is InChI=1S/C21H25F4N5O2/c22-20(23)7-4-12(5-8-20)30-17-15(10-26-30)18(31)28-16(27-17)13-2-3-14(13)19(32)29-9-1-6-21(24,25)11-29/h10,12-14H,1-9,11H2,(H,27,28,31)/t13-,14-/m0/s1. The molecule has 0 bridgehead atoms. The number of hydrogen-bond donors (Lipinski definition) is 1. The minimum atomic E-state index is -2.87. The van der Waals surface area contributed by atoms with Gasteiger partial charge in [-0.05, 0) is 32.1 Å². The van der Waals surface area contributed by atoms with Crippen LogP contribution in [0.25, 0.3) is 11.0 Å². The summed E-state index contributed by atoms with van der Waals surface area (Å²) in [5.41, 5.74) is -0.0819. The number of amides is 1. The molecule has 1 amide bonds. The number of nitrogens with zero attached hydrogens (tertiary/aromatic N) is 4. The fourth-order valence-electron chi connectivity index (χ4n) is 5.18. The van der Waals surface area contributed by atoms with Crippen molar-refractivity contribution in [1.29, 1.82) is 0 Å². The highest BCUT2D eigenvalue weighted by molar-refractivity contribution is 5.81. The van der Waals surface area contributed by atoms with Gasteiger partial charge < -0.3 is 9.88 Å². The molecule has 7 nitrogen and oxygen atoms in total. The quantitative estimate of drug-likeness (QED) is 0.717. The summed E-state index contributed by atoms with van der Waals surface area (Å²) < 4.78 is 56.2. The summed E-state index contributed by atoms with van der Waals surface area (Å²) in [7, 11) is 0. The average Bonchev–Trinajstić information content (AvgIpc) is 3.11. The van der Waals surface area contributed by atoms with E-state index in [1.165, 1.54) is 11.1 Å². The van der Waals surface area contributed by atoms with Gasteiger partial charge in [0, 0.05) is 37.6 Å². The first-order valence-electron chi connectivity index (χ1n) is 11.2. The fourth-order valence-corrected chi connectivity index (χ4v) is 5.18. The predicted octanol–water partition coefficient (Wildman–Crippen LogP) is 3.62. The zero-order valence-corrected chi connectivity index (χ0v) is 17.5. The van der Waals surface area contributed by atoms with E-state index < -0.39 is 29.9 Å². The number of aromatic amines is 1. The van der Waals surface area contributed by atoms with Crippen molar-refractivity contribution in [2.45, 2.75) is 75.2 Å². The largest absolute Gasteiger partial charge is 0.336 e. The number of alkyl halides is 4. The molecule has 2 atom stereocenters. The monoisotopic (exact) mass is 455 g/mol. The second-order valence-corrected chi connectivity index (χ2v) is 9.37. The van der Waals surface area contributed by atoms with Crippen LogP contribution in [0.3, 0.4) is 0 Å². The van der Waals surface area contributed by atoms with E-state index in [0.29, 0.717) is 30.9 Å². The first-order chi connectivity index (χ1) is 15.1. The summed E-state index contributed by atoms with van der Waals surface area (Å²) in [4.78, 5) is 34.1. The Labute approximate surface area is 181 Å². The maximum Gasteiger partial charge on any atom is 0.265 e. The average molecular weight is 455 g/mol. The molecular weight excluding hydrogens is 430 g/mol. The van der Waals surface area contributed by atoms with Crippen molar-refractivity contribution in [2.24, 2.45) is 5.92 Å². The number of carbonyl (C=O) groups is 1. The lowest BCUT2D eigenvalue weighted by Gasteiger charge is -2.40. The molecule has 3 heterocycles. The lowest BCUT2D eigenvalue weighted by Crippen LogP contribution is -2.50. The number of H-pyrrole nitrogens is 1. The van der Waals surface area contributed by atoms with Crippen LogP contribution in [0, 0.1) is 5.92 Å². The van der Waals surface area contributed by atoms with Crippen molar-refractivity contribution in [3.8, 4) is 0 Å². The molecule has 1 saturated heterocycles. The Kier molecular flexibility index (Phi) is 5.05. The predicted molar refractivity (Wildman–Crippen MR) is 107 cm³/mol. The van der Waals surface area contributed by atoms with Gasteiger partial charge in [0.05, 0.1) is 18.8 Å². The highest BCUT2D eigenvalue weighted by atomic mass is 19.3. The van der Waals surface area contributed by atoms with Crippen LogP contribution in [0.4, 0.5) is 17.6 Å². The number of hydrogen-bond acceptors (Lipinski definition) is 4. The van der Waals surface area contributed by atoms with E-state index in [1.807, 2.05) is 0 Å². The van der Waals surface area contributed by atoms with Gasteiger partial charge >= 0.3 is 0 Å². The summed E-state index contributed by atoms with van der Waals surface area (Å²) in [6.45, 7) is -0.267. The number of rotatable bonds is 3. The summed E-state index contributed by atoms with van der Waals surface area (Å²) in [6.07, 6.45) is 2.58. The second-order valence-electron chi connectivity index (χ2n) is 9.37. The zero-order chi connectivity index (χ0) is 22.7. The molecule has 1 N–H and O–H groups in total. The Hall–Kier alpha value is -2.46. The van der Waals surface area contributed by atoms with Crippen LogP contribution in [0.1, 0.15) is 69.2 Å². The van der Waals surface area contributed by atoms with Crippen LogP contribution in [0.5, 0.6) is 0 Å². The molecule has 3 aliphatic rings. The lowest BCUT2D eigenvalue weighted by molar-refractivity contribution is -0.149. The van der Waals surface area contributed by atoms with Crippen LogP contribution in [-0.4, -0.2) is 55.5 Å². The molecule has 2 aliphatic carbocycles. The van der Waals surface area contributed by atoms with Crippen LogP contribution in [0.15, 0.2) is 11.0 Å². The SMILES string of the molecule is O=C([C@H]1CC[C@@H]1c1nc2c(cnn2C2CCC(F)(F)CC2)c(=O)[nH]1)N1CCCC(F)(F)C1. The van der Waals surface area contributed by atoms with Gasteiger partial charge in [0.1, 0.15) is 11.2 Å². The third kappa shape index (κ3) is 3.79. The molecule has 3 fully saturated rings. The maximum absolute atomic E-state index is 13.8. The van der Waals surface area contributed by atoms with Gasteiger partial charge in [-0.1, -0.05) is 0 Å². The van der Waals surface area contributed by atoms with Crippen LogP contribution < -0.4 is 5.56 Å². The third-order valence-electron chi connectivity index (χ3n) is 7.16. The normalized spacial score (nSPS) is 27.9. The van der Waals surface area contributed by atoms with Gasteiger partial charge in [0.2, 0.25) is 11.8 Å². The van der Waals surface area contributed by atoms with Crippen molar-refractivity contribution < 1.29 is 22.4 Å². The summed E-state index contributed by atoms with van der Waals surface area (Å²) in [6, 6.07) is -0.274. The Bertz CT molecular complexity index is 1090. The van der Waals surface area contributed by atoms with Gasteiger partial charge in [-0.25, -0.2) is 27.2 Å². The minimum Gasteiger partial charge on any atom is -0.336 e. The Morgan fingerprint density at radius 3 is 2.47 bits per heavy atom. The van der Waals surface area contributed by atoms with E-state index in [-0.39, 0.29) is 61.8 Å². The van der Waals surface area contributed by atoms with Gasteiger partial charge in [-0.2, -0.15) is 5.10 Å². The van der Waals surface area contributed by atoms with Crippen LogP contribution in [0.2, 0.25) is 0 Å². The van der Waals surface area contributed by atoms with E-state index in [1.54, 1.807) is 4.68 Å². The molecule has 11 heteroatoms. The molecular formula is C21H25F4N5O2. The molecule has 1 aliphatic heterocycles. The lowest BCUT2D eigenvalue weighted by atomic mass is 9.72. The number of piperidine rings is 1. The molecule has 5 rings (SSSR count). The van der Waals surface area contributed by atoms with Gasteiger partial charge in [0.15, 0.2) is 5.65 Å². The van der Waals surface area contributed by atoms with E-state index in [2.05, 4.69) is 15.1 Å². The molecule has 0 unspecified atom stereocenters. The molecule has 0 aromatic carbocycles. The third-order valence-corrected chi connectivity index (χ3v) is 7.16. The number of aromatic nitrogens is 4. The Morgan fingerprint density at radius 1 is 1.06 bits per heavy atom. The molecule has 0 spiro atoms. The fraction of sp³-hybridized carbons (Fsp3) is 0.714. The first kappa shape index (κ1) is 21.4. The van der Waals surface area contributed by atoms with Crippen molar-refractivity contribution in [3.63, 3.8) is 0 Å². The van der Waals surface area contributed by atoms with E-state index in [9.17, 15) is 27.2 Å². The Morgan fingerprint density at radius 2 is 1.81 bits per heavy atom. The number of carbonyl (C=O) groups excluding carboxylic acids is 1. The van der Waals surface area contributed by atoms with Gasteiger partial charge in [-0.15, -0.1) is 0 Å². The van der Waals surface area contributed by atoms with Crippen molar-refractivity contribution >= 4 is 16.9 Å². The van der Waals surface area contributed by atoms with Gasteiger partial charge in [0.25, 0.3) is 11.5 Å². The van der Waals surface area contributed by atoms with Gasteiger partial charge in [-0.3, -0.25) is 9.59 Å². The minimum absolute atomic E-state index is 0.215. The zero-order valence-electron chi connectivity index (χ0n) is 17.5. The highest BCUT2D eigenvalue weighted by Crippen LogP contribution is 2.43. The summed E-state index contributed by atoms with van der Waals surface area (Å²) in [5.74, 6) is -6.42. The van der Waals surface area contributed by atoms with Crippen LogP contribution >= 0.6 is 0 Å².